The van der Waals surface area contributed by atoms with E-state index in [4.69, 9.17) is 9.47 Å². The molecule has 1 rings (SSSR count). The summed E-state index contributed by atoms with van der Waals surface area (Å²) in [6.07, 6.45) is 4.08. The van der Waals surface area contributed by atoms with Crippen molar-refractivity contribution in [3.05, 3.63) is 36.0 Å². The molecule has 1 aliphatic heterocycles. The summed E-state index contributed by atoms with van der Waals surface area (Å²) in [5, 5.41) is 53.9. The molecule has 0 aromatic rings. The zero-order valence-corrected chi connectivity index (χ0v) is 30.4. The van der Waals surface area contributed by atoms with E-state index in [-0.39, 0.29) is 37.5 Å². The molecule has 10 unspecified atom stereocenters. The first kappa shape index (κ1) is 42.7. The Balaban J connectivity index is 3.26. The van der Waals surface area contributed by atoms with E-state index in [0.717, 1.165) is 0 Å². The Morgan fingerprint density at radius 2 is 1.79 bits per heavy atom. The molecule has 10 atom stereocenters. The van der Waals surface area contributed by atoms with Crippen LogP contribution in [0, 0.1) is 17.8 Å². The van der Waals surface area contributed by atoms with Crippen LogP contribution in [0.5, 0.6) is 0 Å². The molecule has 0 aliphatic carbocycles. The summed E-state index contributed by atoms with van der Waals surface area (Å²) >= 11 is 0. The van der Waals surface area contributed by atoms with Crippen LogP contribution in [-0.4, -0.2) is 123 Å². The maximum Gasteiger partial charge on any atom is 0.410 e. The smallest absolute Gasteiger partial charge is 0.410 e. The van der Waals surface area contributed by atoms with Gasteiger partial charge in [-0.3, -0.25) is 4.79 Å². The number of esters is 1. The second-order valence-electron chi connectivity index (χ2n) is 14.2. The molecule has 1 aliphatic rings. The van der Waals surface area contributed by atoms with Gasteiger partial charge in [0.2, 0.25) is 0 Å². The normalized spacial score (nSPS) is 29.5. The monoisotopic (exact) mass is 668 g/mol. The van der Waals surface area contributed by atoms with Crippen molar-refractivity contribution in [2.75, 3.05) is 33.7 Å². The lowest BCUT2D eigenvalue weighted by Crippen LogP contribution is -2.46. The van der Waals surface area contributed by atoms with Crippen LogP contribution < -0.4 is 0 Å². The molecule has 0 saturated carbocycles. The van der Waals surface area contributed by atoms with Gasteiger partial charge in [0.25, 0.3) is 0 Å². The van der Waals surface area contributed by atoms with Gasteiger partial charge in [-0.2, -0.15) is 0 Å². The summed E-state index contributed by atoms with van der Waals surface area (Å²) in [5.74, 6) is -1.37. The fourth-order valence-electron chi connectivity index (χ4n) is 5.59. The van der Waals surface area contributed by atoms with E-state index in [0.29, 0.717) is 31.6 Å². The van der Waals surface area contributed by atoms with E-state index in [1.54, 1.807) is 56.1 Å². The van der Waals surface area contributed by atoms with E-state index in [1.807, 2.05) is 53.6 Å². The Hall–Kier alpha value is -2.28. The number of aliphatic hydroxyl groups is 5. The largest absolute Gasteiger partial charge is 0.457 e. The van der Waals surface area contributed by atoms with Crippen LogP contribution in [0.2, 0.25) is 0 Å². The van der Waals surface area contributed by atoms with Crippen molar-refractivity contribution in [1.82, 2.24) is 9.80 Å². The van der Waals surface area contributed by atoms with Gasteiger partial charge in [0, 0.05) is 32.0 Å². The van der Waals surface area contributed by atoms with Gasteiger partial charge in [-0.1, -0.05) is 52.0 Å². The summed E-state index contributed by atoms with van der Waals surface area (Å²) in [7, 11) is 3.83. The Morgan fingerprint density at radius 1 is 1.17 bits per heavy atom. The summed E-state index contributed by atoms with van der Waals surface area (Å²) < 4.78 is 11.7. The Morgan fingerprint density at radius 3 is 2.36 bits per heavy atom. The minimum absolute atomic E-state index is 0.0679. The van der Waals surface area contributed by atoms with Crippen molar-refractivity contribution in [2.45, 2.75) is 129 Å². The highest BCUT2D eigenvalue weighted by Crippen LogP contribution is 2.29. The number of allylic oxidation sites excluding steroid dienone is 2. The van der Waals surface area contributed by atoms with E-state index in [2.05, 4.69) is 0 Å². The number of nitrogens with zero attached hydrogens (tertiary/aromatic N) is 2. The van der Waals surface area contributed by atoms with Crippen LogP contribution in [0.4, 0.5) is 4.79 Å². The zero-order valence-electron chi connectivity index (χ0n) is 30.4. The predicted octanol–water partition coefficient (Wildman–Crippen LogP) is 3.82. The van der Waals surface area contributed by atoms with Crippen molar-refractivity contribution in [3.8, 4) is 0 Å². The number of hydrogen-bond acceptors (Lipinski definition) is 10. The molecule has 0 bridgehead atoms. The first-order valence-corrected chi connectivity index (χ1v) is 17.1. The SMILES string of the molecule is CCC(O)C(C)C(C)C(O)CC(C)(O)/C=C/C=C(\C)C1OC(=O)CC(O)CCC(C)(O)C(OC(=O)N(CC)CCN(C)C)/C=C/C1C. The van der Waals surface area contributed by atoms with Crippen molar-refractivity contribution in [1.29, 1.82) is 0 Å². The zero-order chi connectivity index (χ0) is 36.1. The second kappa shape index (κ2) is 19.7. The molecule has 11 heteroatoms. The van der Waals surface area contributed by atoms with Gasteiger partial charge in [-0.25, -0.2) is 4.79 Å². The highest BCUT2D eigenvalue weighted by atomic mass is 16.6. The lowest BCUT2D eigenvalue weighted by atomic mass is 9.81. The topological polar surface area (TPSA) is 160 Å². The van der Waals surface area contributed by atoms with E-state index in [1.165, 1.54) is 0 Å². The number of amides is 1. The van der Waals surface area contributed by atoms with Gasteiger partial charge in [-0.05, 0) is 84.5 Å². The van der Waals surface area contributed by atoms with Crippen LogP contribution in [0.1, 0.15) is 87.5 Å². The minimum Gasteiger partial charge on any atom is -0.457 e. The number of likely N-dealkylation sites (N-methyl/N-ethyl adjacent to an activating group) is 2. The summed E-state index contributed by atoms with van der Waals surface area (Å²) in [5.41, 5.74) is -2.20. The fourth-order valence-corrected chi connectivity index (χ4v) is 5.59. The van der Waals surface area contributed by atoms with Crippen molar-refractivity contribution >= 4 is 12.1 Å². The van der Waals surface area contributed by atoms with Gasteiger partial charge in [-0.15, -0.1) is 0 Å². The Kier molecular flexibility index (Phi) is 17.9. The van der Waals surface area contributed by atoms with Crippen molar-refractivity contribution in [2.24, 2.45) is 17.8 Å². The van der Waals surface area contributed by atoms with Crippen LogP contribution in [0.3, 0.4) is 0 Å². The third-order valence-electron chi connectivity index (χ3n) is 9.36. The minimum atomic E-state index is -1.51. The van der Waals surface area contributed by atoms with Gasteiger partial charge in [0.05, 0.1) is 30.3 Å². The van der Waals surface area contributed by atoms with Crippen LogP contribution in [0.25, 0.3) is 0 Å². The molecule has 1 heterocycles. The van der Waals surface area contributed by atoms with Crippen molar-refractivity contribution in [3.63, 3.8) is 0 Å². The molecule has 272 valence electrons. The molecule has 47 heavy (non-hydrogen) atoms. The fraction of sp³-hybridized carbons (Fsp3) is 0.778. The maximum atomic E-state index is 13.1. The van der Waals surface area contributed by atoms with Gasteiger partial charge in [0.1, 0.15) is 11.7 Å². The maximum absolute atomic E-state index is 13.1. The summed E-state index contributed by atoms with van der Waals surface area (Å²) in [6.45, 7) is 15.8. The van der Waals surface area contributed by atoms with Gasteiger partial charge < -0.3 is 44.8 Å². The highest BCUT2D eigenvalue weighted by Gasteiger charge is 2.36. The molecule has 0 aromatic heterocycles. The average molecular weight is 669 g/mol. The van der Waals surface area contributed by atoms with E-state index in [9.17, 15) is 35.1 Å². The number of cyclic esters (lactones) is 1. The molecule has 5 N–H and O–H groups in total. The summed E-state index contributed by atoms with van der Waals surface area (Å²) in [6, 6.07) is 0. The van der Waals surface area contributed by atoms with Crippen LogP contribution in [-0.2, 0) is 14.3 Å². The first-order chi connectivity index (χ1) is 21.7. The van der Waals surface area contributed by atoms with E-state index < -0.39 is 59.7 Å². The quantitative estimate of drug-likeness (QED) is 0.105. The van der Waals surface area contributed by atoms with Crippen LogP contribution >= 0.6 is 0 Å². The van der Waals surface area contributed by atoms with E-state index >= 15 is 0 Å². The molecule has 0 fully saturated rings. The number of rotatable bonds is 14. The molecular weight excluding hydrogens is 604 g/mol. The lowest BCUT2D eigenvalue weighted by Gasteiger charge is -2.34. The second-order valence-corrected chi connectivity index (χ2v) is 14.2. The Labute approximate surface area is 282 Å². The molecule has 1 amide bonds. The molecule has 0 aromatic carbocycles. The Bertz CT molecular complexity index is 1060. The third kappa shape index (κ3) is 14.8. The number of carbonyl (C=O) groups excluding carboxylic acids is 2. The standard InChI is InChI=1S/C36H64N2O9/c1-11-29(40)26(5)27(6)30(41)23-35(7,44)18-13-14-24(3)33-25(4)15-16-31(46-34(43)38(12-2)21-20-37(9)10)36(8,45)19-17-28(39)22-32(42)47-33/h13-16,18,25-31,33,39-41,44-45H,11-12,17,19-23H2,1-10H3/b16-15+,18-13+,24-14+. The van der Waals surface area contributed by atoms with Crippen molar-refractivity contribution < 1.29 is 44.6 Å². The molecule has 11 nitrogen and oxygen atoms in total. The van der Waals surface area contributed by atoms with Crippen LogP contribution in [0.15, 0.2) is 36.0 Å². The lowest BCUT2D eigenvalue weighted by molar-refractivity contribution is -0.151. The number of ether oxygens (including phenoxy) is 2. The number of hydrogen-bond donors (Lipinski definition) is 5. The molecule has 0 radical (unpaired) electrons. The van der Waals surface area contributed by atoms with Gasteiger partial charge >= 0.3 is 12.1 Å². The molecular formula is C36H64N2O9. The highest BCUT2D eigenvalue weighted by molar-refractivity contribution is 5.70. The third-order valence-corrected chi connectivity index (χ3v) is 9.36. The molecule has 0 spiro atoms. The summed E-state index contributed by atoms with van der Waals surface area (Å²) in [4.78, 5) is 29.5. The average Bonchev–Trinajstić information content (AvgIpc) is 2.98. The molecule has 0 saturated heterocycles. The number of carbonyl (C=O) groups is 2. The van der Waals surface area contributed by atoms with Gasteiger partial charge in [0.15, 0.2) is 6.10 Å². The predicted molar refractivity (Wildman–Crippen MR) is 184 cm³/mol. The first-order valence-electron chi connectivity index (χ1n) is 17.1. The number of aliphatic hydroxyl groups excluding tert-OH is 3.